The molecule has 0 spiro atoms. The number of rotatable bonds is 6. The highest BCUT2D eigenvalue weighted by Crippen LogP contribution is 2.27. The summed E-state index contributed by atoms with van der Waals surface area (Å²) in [5, 5.41) is 5.65. The summed E-state index contributed by atoms with van der Waals surface area (Å²) in [5.41, 5.74) is 2.59. The van der Waals surface area contributed by atoms with Crippen LogP contribution in [0.5, 0.6) is 11.5 Å². The van der Waals surface area contributed by atoms with Gasteiger partial charge >= 0.3 is 6.03 Å². The van der Waals surface area contributed by atoms with Crippen molar-refractivity contribution in [3.05, 3.63) is 59.2 Å². The highest BCUT2D eigenvalue weighted by molar-refractivity contribution is 5.94. The van der Waals surface area contributed by atoms with Gasteiger partial charge in [0.05, 0.1) is 14.2 Å². The van der Waals surface area contributed by atoms with Crippen molar-refractivity contribution >= 4 is 11.9 Å². The van der Waals surface area contributed by atoms with Crippen molar-refractivity contribution in [3.8, 4) is 11.5 Å². The van der Waals surface area contributed by atoms with E-state index in [1.165, 1.54) is 0 Å². The number of urea groups is 1. The molecule has 1 aliphatic heterocycles. The van der Waals surface area contributed by atoms with E-state index in [2.05, 4.69) is 10.6 Å². The first-order chi connectivity index (χ1) is 14.5. The predicted octanol–water partition coefficient (Wildman–Crippen LogP) is 3.15. The number of amides is 3. The average molecular weight is 412 g/mol. The second-order valence-corrected chi connectivity index (χ2v) is 7.37. The van der Waals surface area contributed by atoms with Gasteiger partial charge in [0.15, 0.2) is 0 Å². The van der Waals surface area contributed by atoms with Crippen molar-refractivity contribution in [1.29, 1.82) is 0 Å². The Morgan fingerprint density at radius 3 is 2.50 bits per heavy atom. The molecule has 3 amide bonds. The number of benzene rings is 2. The number of hydrogen-bond donors (Lipinski definition) is 2. The molecule has 7 nitrogen and oxygen atoms in total. The first-order valence-corrected chi connectivity index (χ1v) is 10.1. The van der Waals surface area contributed by atoms with E-state index < -0.39 is 0 Å². The maximum absolute atomic E-state index is 12.7. The topological polar surface area (TPSA) is 79.9 Å². The molecule has 0 saturated carbocycles. The van der Waals surface area contributed by atoms with Gasteiger partial charge < -0.3 is 25.0 Å². The highest BCUT2D eigenvalue weighted by Gasteiger charge is 2.24. The van der Waals surface area contributed by atoms with E-state index >= 15 is 0 Å². The molecule has 1 fully saturated rings. The van der Waals surface area contributed by atoms with Crippen LogP contribution in [0.4, 0.5) is 4.79 Å². The van der Waals surface area contributed by atoms with Gasteiger partial charge in [-0.05, 0) is 48.2 Å². The van der Waals surface area contributed by atoms with Gasteiger partial charge in [-0.25, -0.2) is 4.79 Å². The molecule has 2 N–H and O–H groups in total. The maximum atomic E-state index is 12.7. The first-order valence-electron chi connectivity index (χ1n) is 10.1. The minimum atomic E-state index is -0.141. The number of carbonyl (C=O) groups is 2. The molecule has 0 unspecified atom stereocenters. The largest absolute Gasteiger partial charge is 0.497 e. The second kappa shape index (κ2) is 10.0. The Kier molecular flexibility index (Phi) is 7.17. The third-order valence-electron chi connectivity index (χ3n) is 5.41. The Labute approximate surface area is 177 Å². The second-order valence-electron chi connectivity index (χ2n) is 7.37. The number of hydrogen-bond acceptors (Lipinski definition) is 4. The Morgan fingerprint density at radius 1 is 1.10 bits per heavy atom. The van der Waals surface area contributed by atoms with Gasteiger partial charge in [0.25, 0.3) is 5.91 Å². The fourth-order valence-electron chi connectivity index (χ4n) is 3.78. The maximum Gasteiger partial charge on any atom is 0.317 e. The van der Waals surface area contributed by atoms with Crippen LogP contribution >= 0.6 is 0 Å². The van der Waals surface area contributed by atoms with Crippen molar-refractivity contribution in [1.82, 2.24) is 15.5 Å². The number of likely N-dealkylation sites (tertiary alicyclic amines) is 1. The molecule has 1 heterocycles. The number of nitrogens with zero attached hydrogens (tertiary/aromatic N) is 1. The molecular weight excluding hydrogens is 382 g/mol. The lowest BCUT2D eigenvalue weighted by molar-refractivity contribution is 0.0950. The van der Waals surface area contributed by atoms with Crippen molar-refractivity contribution in [2.45, 2.75) is 25.3 Å². The summed E-state index contributed by atoms with van der Waals surface area (Å²) in [6.45, 7) is 1.79. The Morgan fingerprint density at radius 2 is 1.83 bits per heavy atom. The number of methoxy groups -OCH3 is 2. The third kappa shape index (κ3) is 5.23. The van der Waals surface area contributed by atoms with Crippen molar-refractivity contribution in [2.24, 2.45) is 0 Å². The van der Waals surface area contributed by atoms with Crippen LogP contribution in [-0.2, 0) is 6.54 Å². The van der Waals surface area contributed by atoms with Crippen LogP contribution in [0.2, 0.25) is 0 Å². The van der Waals surface area contributed by atoms with Gasteiger partial charge in [-0.2, -0.15) is 0 Å². The average Bonchev–Trinajstić information content (AvgIpc) is 2.81. The van der Waals surface area contributed by atoms with E-state index in [0.29, 0.717) is 30.2 Å². The summed E-state index contributed by atoms with van der Waals surface area (Å²) in [4.78, 5) is 26.5. The smallest absolute Gasteiger partial charge is 0.317 e. The Balaban J connectivity index is 1.67. The number of piperidine rings is 1. The highest BCUT2D eigenvalue weighted by atomic mass is 16.5. The van der Waals surface area contributed by atoms with Gasteiger partial charge in [0.2, 0.25) is 0 Å². The van der Waals surface area contributed by atoms with Crippen LogP contribution in [0.1, 0.15) is 40.2 Å². The molecule has 160 valence electrons. The fourth-order valence-corrected chi connectivity index (χ4v) is 3.78. The van der Waals surface area contributed by atoms with E-state index in [1.54, 1.807) is 27.3 Å². The van der Waals surface area contributed by atoms with E-state index in [9.17, 15) is 9.59 Å². The molecule has 0 radical (unpaired) electrons. The van der Waals surface area contributed by atoms with Crippen LogP contribution in [0, 0.1) is 0 Å². The summed E-state index contributed by atoms with van der Waals surface area (Å²) in [6, 6.07) is 13.1. The zero-order valence-electron chi connectivity index (χ0n) is 17.7. The number of ether oxygens (including phenoxy) is 2. The number of carbonyl (C=O) groups excluding carboxylic acids is 2. The SMILES string of the molecule is CNC(=O)N1CCC[C@@H](c2cccc(C(=O)NCc3cc(OC)cc(OC)c3)c2)C1. The first kappa shape index (κ1) is 21.5. The van der Waals surface area contributed by atoms with Gasteiger partial charge in [-0.3, -0.25) is 4.79 Å². The third-order valence-corrected chi connectivity index (χ3v) is 5.41. The lowest BCUT2D eigenvalue weighted by Crippen LogP contribution is -2.43. The molecule has 3 rings (SSSR count). The van der Waals surface area contributed by atoms with Gasteiger partial charge in [-0.15, -0.1) is 0 Å². The minimum absolute atomic E-state index is 0.0534. The summed E-state index contributed by atoms with van der Waals surface area (Å²) in [6.07, 6.45) is 1.95. The number of nitrogens with one attached hydrogen (secondary N) is 2. The van der Waals surface area contributed by atoms with Crippen molar-refractivity contribution in [2.75, 3.05) is 34.4 Å². The van der Waals surface area contributed by atoms with Gasteiger partial charge in [0.1, 0.15) is 11.5 Å². The van der Waals surface area contributed by atoms with Gasteiger partial charge in [-0.1, -0.05) is 12.1 Å². The monoisotopic (exact) mass is 411 g/mol. The van der Waals surface area contributed by atoms with Crippen molar-refractivity contribution in [3.63, 3.8) is 0 Å². The Bertz CT molecular complexity index is 878. The molecule has 2 aromatic rings. The molecule has 1 aliphatic rings. The lowest BCUT2D eigenvalue weighted by Gasteiger charge is -2.32. The van der Waals surface area contributed by atoms with Crippen molar-refractivity contribution < 1.29 is 19.1 Å². The Hall–Kier alpha value is -3.22. The quantitative estimate of drug-likeness (QED) is 0.765. The minimum Gasteiger partial charge on any atom is -0.497 e. The van der Waals surface area contributed by atoms with E-state index in [1.807, 2.05) is 41.3 Å². The molecule has 0 aromatic heterocycles. The van der Waals surface area contributed by atoms with Gasteiger partial charge in [0, 0.05) is 44.2 Å². The van der Waals surface area contributed by atoms with Crippen LogP contribution in [0.25, 0.3) is 0 Å². The van der Waals surface area contributed by atoms with Crippen LogP contribution in [0.15, 0.2) is 42.5 Å². The fraction of sp³-hybridized carbons (Fsp3) is 0.391. The molecule has 0 bridgehead atoms. The molecule has 1 atom stereocenters. The normalized spacial score (nSPS) is 16.0. The zero-order valence-corrected chi connectivity index (χ0v) is 17.7. The van der Waals surface area contributed by atoms with Crippen LogP contribution in [-0.4, -0.2) is 51.2 Å². The summed E-state index contributed by atoms with van der Waals surface area (Å²) < 4.78 is 10.6. The van der Waals surface area contributed by atoms with E-state index in [0.717, 1.165) is 30.5 Å². The summed E-state index contributed by atoms with van der Waals surface area (Å²) >= 11 is 0. The van der Waals surface area contributed by atoms with Crippen LogP contribution < -0.4 is 20.1 Å². The lowest BCUT2D eigenvalue weighted by atomic mass is 9.89. The summed E-state index contributed by atoms with van der Waals surface area (Å²) in [5.74, 6) is 1.45. The molecule has 1 saturated heterocycles. The van der Waals surface area contributed by atoms with Crippen LogP contribution in [0.3, 0.4) is 0 Å². The van der Waals surface area contributed by atoms with E-state index in [-0.39, 0.29) is 17.9 Å². The predicted molar refractivity (Wildman–Crippen MR) is 115 cm³/mol. The van der Waals surface area contributed by atoms with E-state index in [4.69, 9.17) is 9.47 Å². The molecule has 2 aromatic carbocycles. The molecule has 30 heavy (non-hydrogen) atoms. The molecular formula is C23H29N3O4. The molecule has 0 aliphatic carbocycles. The summed E-state index contributed by atoms with van der Waals surface area (Å²) in [7, 11) is 4.84. The zero-order chi connectivity index (χ0) is 21.5. The molecule has 7 heteroatoms. The standard InChI is InChI=1S/C23H29N3O4/c1-24-23(28)26-9-5-8-19(15-26)17-6-4-7-18(12-17)22(27)25-14-16-10-20(29-2)13-21(11-16)30-3/h4,6-7,10-13,19H,5,8-9,14-15H2,1-3H3,(H,24,28)(H,25,27)/t19-/m1/s1.